The highest BCUT2D eigenvalue weighted by atomic mass is 16.3. The quantitative estimate of drug-likeness (QED) is 0.811. The molecule has 3 nitrogen and oxygen atoms in total. The molecule has 3 atom stereocenters. The van der Waals surface area contributed by atoms with Crippen LogP contribution >= 0.6 is 0 Å². The van der Waals surface area contributed by atoms with Gasteiger partial charge in [0.25, 0.3) is 0 Å². The van der Waals surface area contributed by atoms with Crippen LogP contribution in [0, 0.1) is 5.92 Å². The number of nitrogens with zero attached hydrogens (tertiary/aromatic N) is 2. The second-order valence-electron chi connectivity index (χ2n) is 5.93. The van der Waals surface area contributed by atoms with Crippen molar-refractivity contribution >= 4 is 0 Å². The van der Waals surface area contributed by atoms with Crippen molar-refractivity contribution in [2.45, 2.75) is 51.2 Å². The third-order valence-electron chi connectivity index (χ3n) is 4.58. The lowest BCUT2D eigenvalue weighted by atomic mass is 10.0. The Bertz CT molecular complexity index is 234. The molecule has 0 radical (unpaired) electrons. The van der Waals surface area contributed by atoms with Crippen molar-refractivity contribution < 1.29 is 5.11 Å². The van der Waals surface area contributed by atoms with Gasteiger partial charge >= 0.3 is 0 Å². The van der Waals surface area contributed by atoms with Gasteiger partial charge in [0.15, 0.2) is 0 Å². The van der Waals surface area contributed by atoms with E-state index in [1.165, 1.54) is 45.3 Å². The molecule has 1 saturated heterocycles. The third kappa shape index (κ3) is 3.43. The Kier molecular flexibility index (Phi) is 4.83. The van der Waals surface area contributed by atoms with E-state index in [0.29, 0.717) is 12.0 Å². The zero-order chi connectivity index (χ0) is 12.3. The van der Waals surface area contributed by atoms with Gasteiger partial charge in [-0.15, -0.1) is 0 Å². The molecule has 0 spiro atoms. The second kappa shape index (κ2) is 6.17. The summed E-state index contributed by atoms with van der Waals surface area (Å²) in [7, 11) is 2.23. The molecule has 0 aromatic heterocycles. The Morgan fingerprint density at radius 2 is 2.00 bits per heavy atom. The van der Waals surface area contributed by atoms with Gasteiger partial charge in [0.05, 0.1) is 6.10 Å². The van der Waals surface area contributed by atoms with Crippen LogP contribution in [0.25, 0.3) is 0 Å². The van der Waals surface area contributed by atoms with Gasteiger partial charge in [-0.1, -0.05) is 13.3 Å². The number of aliphatic hydroxyl groups is 1. The van der Waals surface area contributed by atoms with E-state index in [0.717, 1.165) is 13.0 Å². The largest absolute Gasteiger partial charge is 0.393 e. The molecular weight excluding hydrogens is 212 g/mol. The molecule has 1 aliphatic carbocycles. The molecule has 1 N–H and O–H groups in total. The maximum atomic E-state index is 9.96. The number of hydrogen-bond acceptors (Lipinski definition) is 3. The van der Waals surface area contributed by atoms with Gasteiger partial charge in [-0.2, -0.15) is 0 Å². The van der Waals surface area contributed by atoms with E-state index in [2.05, 4.69) is 23.8 Å². The van der Waals surface area contributed by atoms with Crippen LogP contribution < -0.4 is 0 Å². The van der Waals surface area contributed by atoms with Gasteiger partial charge < -0.3 is 10.0 Å². The summed E-state index contributed by atoms with van der Waals surface area (Å²) in [6.45, 7) is 7.04. The summed E-state index contributed by atoms with van der Waals surface area (Å²) >= 11 is 0. The second-order valence-corrected chi connectivity index (χ2v) is 5.93. The highest BCUT2D eigenvalue weighted by Gasteiger charge is 2.30. The fourth-order valence-electron chi connectivity index (χ4n) is 3.45. The topological polar surface area (TPSA) is 26.7 Å². The molecule has 3 unspecified atom stereocenters. The first-order valence-corrected chi connectivity index (χ1v) is 7.31. The Balaban J connectivity index is 1.92. The van der Waals surface area contributed by atoms with Crippen molar-refractivity contribution in [2.24, 2.45) is 5.92 Å². The van der Waals surface area contributed by atoms with Crippen molar-refractivity contribution in [1.82, 2.24) is 9.80 Å². The lowest BCUT2D eigenvalue weighted by molar-refractivity contribution is 0.0839. The molecule has 0 amide bonds. The molecule has 1 aliphatic heterocycles. The van der Waals surface area contributed by atoms with Crippen LogP contribution in [0.15, 0.2) is 0 Å². The summed E-state index contributed by atoms with van der Waals surface area (Å²) in [6.07, 6.45) is 5.94. The fraction of sp³-hybridized carbons (Fsp3) is 1.00. The molecule has 2 aliphatic rings. The highest BCUT2D eigenvalue weighted by Crippen LogP contribution is 2.27. The molecule has 3 heteroatoms. The zero-order valence-electron chi connectivity index (χ0n) is 11.4. The van der Waals surface area contributed by atoms with Crippen LogP contribution in [-0.4, -0.2) is 60.3 Å². The van der Waals surface area contributed by atoms with Crippen molar-refractivity contribution in [3.05, 3.63) is 0 Å². The summed E-state index contributed by atoms with van der Waals surface area (Å²) < 4.78 is 0. The van der Waals surface area contributed by atoms with Crippen LogP contribution in [0.1, 0.15) is 39.0 Å². The monoisotopic (exact) mass is 240 g/mol. The number of likely N-dealkylation sites (N-methyl/N-ethyl adjacent to an activating group) is 1. The van der Waals surface area contributed by atoms with Crippen molar-refractivity contribution in [1.29, 1.82) is 0 Å². The van der Waals surface area contributed by atoms with E-state index in [9.17, 15) is 5.11 Å². The first-order valence-electron chi connectivity index (χ1n) is 7.31. The van der Waals surface area contributed by atoms with Gasteiger partial charge in [-0.25, -0.2) is 0 Å². The van der Waals surface area contributed by atoms with Crippen molar-refractivity contribution in [2.75, 3.05) is 33.2 Å². The maximum absolute atomic E-state index is 9.96. The van der Waals surface area contributed by atoms with Crippen molar-refractivity contribution in [3.8, 4) is 0 Å². The number of aliphatic hydroxyl groups excluding tert-OH is 1. The smallest absolute Gasteiger partial charge is 0.0580 e. The fourth-order valence-corrected chi connectivity index (χ4v) is 3.45. The van der Waals surface area contributed by atoms with Gasteiger partial charge in [-0.05, 0) is 51.7 Å². The van der Waals surface area contributed by atoms with Gasteiger partial charge in [-0.3, -0.25) is 4.90 Å². The van der Waals surface area contributed by atoms with Gasteiger partial charge in [0.1, 0.15) is 0 Å². The summed E-state index contributed by atoms with van der Waals surface area (Å²) in [5.41, 5.74) is 0. The molecule has 17 heavy (non-hydrogen) atoms. The average Bonchev–Trinajstić information content (AvgIpc) is 2.61. The van der Waals surface area contributed by atoms with Gasteiger partial charge in [0.2, 0.25) is 0 Å². The lowest BCUT2D eigenvalue weighted by Crippen LogP contribution is -2.43. The molecule has 0 aromatic carbocycles. The minimum atomic E-state index is -0.0338. The predicted octanol–water partition coefficient (Wildman–Crippen LogP) is 1.56. The molecule has 1 heterocycles. The van der Waals surface area contributed by atoms with Crippen molar-refractivity contribution in [3.63, 3.8) is 0 Å². The molecule has 0 aromatic rings. The molecule has 1 saturated carbocycles. The number of rotatable bonds is 3. The van der Waals surface area contributed by atoms with Crippen LogP contribution in [0.3, 0.4) is 0 Å². The minimum Gasteiger partial charge on any atom is -0.393 e. The van der Waals surface area contributed by atoms with Gasteiger partial charge in [0, 0.05) is 19.1 Å². The molecule has 2 fully saturated rings. The Morgan fingerprint density at radius 1 is 1.18 bits per heavy atom. The van der Waals surface area contributed by atoms with E-state index in [1.807, 2.05) is 0 Å². The summed E-state index contributed by atoms with van der Waals surface area (Å²) in [5.74, 6) is 0.535. The first kappa shape index (κ1) is 13.3. The Hall–Kier alpha value is -0.120. The van der Waals surface area contributed by atoms with Crippen LogP contribution in [0.5, 0.6) is 0 Å². The number of hydrogen-bond donors (Lipinski definition) is 1. The summed E-state index contributed by atoms with van der Waals surface area (Å²) in [5, 5.41) is 9.96. The minimum absolute atomic E-state index is 0.0338. The summed E-state index contributed by atoms with van der Waals surface area (Å²) in [6, 6.07) is 0.690. The molecule has 100 valence electrons. The van der Waals surface area contributed by atoms with Crippen LogP contribution in [-0.2, 0) is 0 Å². The van der Waals surface area contributed by atoms with E-state index >= 15 is 0 Å². The van der Waals surface area contributed by atoms with Crippen LogP contribution in [0.2, 0.25) is 0 Å². The Labute approximate surface area is 106 Å². The predicted molar refractivity (Wildman–Crippen MR) is 71.1 cm³/mol. The van der Waals surface area contributed by atoms with E-state index in [4.69, 9.17) is 0 Å². The lowest BCUT2D eigenvalue weighted by Gasteiger charge is -2.33. The zero-order valence-corrected chi connectivity index (χ0v) is 11.4. The Morgan fingerprint density at radius 3 is 2.65 bits per heavy atom. The SMILES string of the molecule is CCC1CN(C)CCCN1CC1CCCC1O. The van der Waals surface area contributed by atoms with E-state index in [1.54, 1.807) is 0 Å². The highest BCUT2D eigenvalue weighted by molar-refractivity contribution is 4.84. The van der Waals surface area contributed by atoms with Crippen LogP contribution in [0.4, 0.5) is 0 Å². The normalized spacial score (nSPS) is 37.2. The summed E-state index contributed by atoms with van der Waals surface area (Å²) in [4.78, 5) is 5.10. The average molecular weight is 240 g/mol. The van der Waals surface area contributed by atoms with E-state index in [-0.39, 0.29) is 6.10 Å². The molecular formula is C14H28N2O. The molecule has 2 rings (SSSR count). The maximum Gasteiger partial charge on any atom is 0.0580 e. The molecule has 0 bridgehead atoms. The third-order valence-corrected chi connectivity index (χ3v) is 4.58. The first-order chi connectivity index (χ1) is 8.20. The van der Waals surface area contributed by atoms with E-state index < -0.39 is 0 Å². The standard InChI is InChI=1S/C14H28N2O/c1-3-13-11-15(2)8-5-9-16(13)10-12-6-4-7-14(12)17/h12-14,17H,3-11H2,1-2H3.